The Labute approximate surface area is 190 Å². The van der Waals surface area contributed by atoms with E-state index in [0.717, 1.165) is 18.2 Å². The number of aromatic nitrogens is 2. The molecule has 2 atom stereocenters. The third kappa shape index (κ3) is 6.08. The third-order valence-electron chi connectivity index (χ3n) is 4.52. The summed E-state index contributed by atoms with van der Waals surface area (Å²) in [5.74, 6) is -3.00. The van der Waals surface area contributed by atoms with Crippen LogP contribution in [0.2, 0.25) is 5.02 Å². The van der Waals surface area contributed by atoms with Gasteiger partial charge in [-0.2, -0.15) is 18.2 Å². The number of nitrogens with zero attached hydrogens (tertiary/aromatic N) is 2. The molecule has 174 valence electrons. The molecule has 0 saturated carbocycles. The fourth-order valence-corrected chi connectivity index (χ4v) is 3.04. The van der Waals surface area contributed by atoms with Crippen LogP contribution in [0.4, 0.5) is 23.5 Å². The first-order valence-electron chi connectivity index (χ1n) is 9.34. The van der Waals surface area contributed by atoms with E-state index in [9.17, 15) is 22.4 Å². The lowest BCUT2D eigenvalue weighted by Crippen LogP contribution is -2.32. The molecule has 33 heavy (non-hydrogen) atoms. The van der Waals surface area contributed by atoms with E-state index in [4.69, 9.17) is 32.9 Å². The number of aliphatic carboxylic acids is 1. The van der Waals surface area contributed by atoms with Crippen molar-refractivity contribution in [3.8, 4) is 17.1 Å². The number of hydrogen-bond donors (Lipinski definition) is 3. The Morgan fingerprint density at radius 3 is 2.36 bits per heavy atom. The van der Waals surface area contributed by atoms with Crippen molar-refractivity contribution in [3.63, 3.8) is 0 Å². The van der Waals surface area contributed by atoms with Crippen LogP contribution < -0.4 is 16.2 Å². The quantitative estimate of drug-likeness (QED) is 0.430. The lowest BCUT2D eigenvalue weighted by Gasteiger charge is -2.22. The van der Waals surface area contributed by atoms with Crippen molar-refractivity contribution in [1.29, 1.82) is 0 Å². The molecule has 0 aliphatic heterocycles. The molecule has 0 aliphatic rings. The summed E-state index contributed by atoms with van der Waals surface area (Å²) in [6, 6.07) is 9.05. The van der Waals surface area contributed by atoms with Crippen LogP contribution in [0.3, 0.4) is 0 Å². The maximum Gasteiger partial charge on any atom is 0.429 e. The standard InChI is InChI=1S/C21H17ClF4N4O3/c22-13-6-5-12(8-14(13)23)18(21(24,25)26)33-17-9-16(29-20(28)30-17)11-3-1-10(2-4-11)7-15(27)19(31)32/h1-6,8-9,15,18H,7,27H2,(H,31,32)(H2,28,29,30)/t15-,18?/m0/s1. The van der Waals surface area contributed by atoms with E-state index >= 15 is 0 Å². The molecule has 1 heterocycles. The summed E-state index contributed by atoms with van der Waals surface area (Å²) in [7, 11) is 0. The van der Waals surface area contributed by atoms with Crippen LogP contribution in [0.1, 0.15) is 17.2 Å². The number of alkyl halides is 3. The highest BCUT2D eigenvalue weighted by molar-refractivity contribution is 6.30. The fraction of sp³-hybridized carbons (Fsp3) is 0.190. The number of carboxylic acids is 1. The van der Waals surface area contributed by atoms with Gasteiger partial charge >= 0.3 is 12.1 Å². The van der Waals surface area contributed by atoms with Crippen LogP contribution in [-0.2, 0) is 11.2 Å². The molecule has 3 aromatic rings. The first-order chi connectivity index (χ1) is 15.4. The SMILES string of the molecule is Nc1nc(OC(c2ccc(Cl)c(F)c2)C(F)(F)F)cc(-c2ccc(C[C@H](N)C(=O)O)cc2)n1. The van der Waals surface area contributed by atoms with Gasteiger partial charge in [0.1, 0.15) is 11.9 Å². The summed E-state index contributed by atoms with van der Waals surface area (Å²) in [4.78, 5) is 18.6. The predicted octanol–water partition coefficient (Wildman–Crippen LogP) is 4.16. The number of rotatable bonds is 7. The Balaban J connectivity index is 1.90. The molecule has 5 N–H and O–H groups in total. The normalized spacial score (nSPS) is 13.4. The molecule has 1 aromatic heterocycles. The van der Waals surface area contributed by atoms with Crippen molar-refractivity contribution in [1.82, 2.24) is 9.97 Å². The minimum Gasteiger partial charge on any atom is -0.480 e. The molecule has 2 aromatic carbocycles. The number of ether oxygens (including phenoxy) is 1. The van der Waals surface area contributed by atoms with Crippen molar-refractivity contribution < 1.29 is 32.2 Å². The van der Waals surface area contributed by atoms with Gasteiger partial charge in [0, 0.05) is 17.2 Å². The van der Waals surface area contributed by atoms with Crippen LogP contribution in [0.15, 0.2) is 48.5 Å². The van der Waals surface area contributed by atoms with Crippen LogP contribution in [0.5, 0.6) is 5.88 Å². The number of carboxylic acid groups (broad SMARTS) is 1. The van der Waals surface area contributed by atoms with Crippen molar-refractivity contribution in [2.75, 3.05) is 5.73 Å². The van der Waals surface area contributed by atoms with Crippen molar-refractivity contribution in [2.24, 2.45) is 5.73 Å². The molecule has 1 unspecified atom stereocenters. The summed E-state index contributed by atoms with van der Waals surface area (Å²) in [5, 5.41) is 8.57. The largest absolute Gasteiger partial charge is 0.480 e. The zero-order valence-corrected chi connectivity index (χ0v) is 17.4. The van der Waals surface area contributed by atoms with Gasteiger partial charge in [0.2, 0.25) is 17.9 Å². The number of hydrogen-bond acceptors (Lipinski definition) is 6. The van der Waals surface area contributed by atoms with Gasteiger partial charge in [0.25, 0.3) is 0 Å². The van der Waals surface area contributed by atoms with Gasteiger partial charge < -0.3 is 21.3 Å². The Hall–Kier alpha value is -3.44. The highest BCUT2D eigenvalue weighted by Gasteiger charge is 2.43. The molecular weight excluding hydrogens is 468 g/mol. The van der Waals surface area contributed by atoms with Crippen molar-refractivity contribution in [3.05, 3.63) is 70.5 Å². The average Bonchev–Trinajstić information content (AvgIpc) is 2.73. The highest BCUT2D eigenvalue weighted by Crippen LogP contribution is 2.38. The molecule has 0 saturated heterocycles. The average molecular weight is 485 g/mol. The van der Waals surface area contributed by atoms with Gasteiger partial charge in [-0.25, -0.2) is 9.37 Å². The Morgan fingerprint density at radius 2 is 1.79 bits per heavy atom. The maximum absolute atomic E-state index is 13.7. The fourth-order valence-electron chi connectivity index (χ4n) is 2.92. The Bertz CT molecular complexity index is 1160. The number of benzene rings is 2. The minimum absolute atomic E-state index is 0.0841. The molecule has 0 spiro atoms. The number of nitrogens with two attached hydrogens (primary N) is 2. The molecule has 0 fully saturated rings. The van der Waals surface area contributed by atoms with E-state index in [1.165, 1.54) is 0 Å². The molecule has 0 amide bonds. The van der Waals surface area contributed by atoms with E-state index < -0.39 is 41.6 Å². The molecule has 0 aliphatic carbocycles. The number of nitrogen functional groups attached to an aromatic ring is 1. The minimum atomic E-state index is -4.90. The zero-order chi connectivity index (χ0) is 24.3. The number of carbonyl (C=O) groups is 1. The summed E-state index contributed by atoms with van der Waals surface area (Å²) in [6.07, 6.45) is -7.35. The molecule has 12 heteroatoms. The van der Waals surface area contributed by atoms with E-state index in [2.05, 4.69) is 9.97 Å². The molecular formula is C21H17ClF4N4O3. The molecule has 7 nitrogen and oxygen atoms in total. The predicted molar refractivity (Wildman–Crippen MR) is 112 cm³/mol. The van der Waals surface area contributed by atoms with Crippen LogP contribution in [0, 0.1) is 5.82 Å². The van der Waals surface area contributed by atoms with Crippen molar-refractivity contribution >= 4 is 23.5 Å². The van der Waals surface area contributed by atoms with Gasteiger partial charge in [0.05, 0.1) is 10.7 Å². The van der Waals surface area contributed by atoms with Crippen molar-refractivity contribution in [2.45, 2.75) is 24.7 Å². The zero-order valence-electron chi connectivity index (χ0n) is 16.7. The van der Waals surface area contributed by atoms with Gasteiger partial charge in [-0.3, -0.25) is 4.79 Å². The van der Waals surface area contributed by atoms with Crippen LogP contribution in [-0.4, -0.2) is 33.3 Å². The topological polar surface area (TPSA) is 124 Å². The second-order valence-electron chi connectivity index (χ2n) is 7.01. The summed E-state index contributed by atoms with van der Waals surface area (Å²) in [5.41, 5.74) is 11.9. The second-order valence-corrected chi connectivity index (χ2v) is 7.42. The molecule has 3 rings (SSSR count). The monoisotopic (exact) mass is 484 g/mol. The first-order valence-corrected chi connectivity index (χ1v) is 9.72. The van der Waals surface area contributed by atoms with Gasteiger partial charge in [-0.05, 0) is 24.1 Å². The van der Waals surface area contributed by atoms with Gasteiger partial charge in [0.15, 0.2) is 0 Å². The third-order valence-corrected chi connectivity index (χ3v) is 4.83. The lowest BCUT2D eigenvalue weighted by molar-refractivity contribution is -0.198. The van der Waals surface area contributed by atoms with Crippen LogP contribution >= 0.6 is 11.6 Å². The van der Waals surface area contributed by atoms with Gasteiger partial charge in [-0.15, -0.1) is 0 Å². The van der Waals surface area contributed by atoms with Gasteiger partial charge in [-0.1, -0.05) is 41.9 Å². The first kappa shape index (κ1) is 24.2. The van der Waals surface area contributed by atoms with E-state index in [-0.39, 0.29) is 23.1 Å². The lowest BCUT2D eigenvalue weighted by atomic mass is 10.0. The maximum atomic E-state index is 13.7. The van der Waals surface area contributed by atoms with E-state index in [1.807, 2.05) is 0 Å². The Morgan fingerprint density at radius 1 is 1.12 bits per heavy atom. The second kappa shape index (κ2) is 9.59. The smallest absolute Gasteiger partial charge is 0.429 e. The number of halogens is 5. The summed E-state index contributed by atoms with van der Waals surface area (Å²) < 4.78 is 59.7. The highest BCUT2D eigenvalue weighted by atomic mass is 35.5. The number of anilines is 1. The molecule has 0 bridgehead atoms. The summed E-state index contributed by atoms with van der Waals surface area (Å²) in [6.45, 7) is 0. The molecule has 0 radical (unpaired) electrons. The van der Waals surface area contributed by atoms with E-state index in [1.54, 1.807) is 24.3 Å². The van der Waals surface area contributed by atoms with E-state index in [0.29, 0.717) is 17.2 Å². The Kier molecular flexibility index (Phi) is 7.04. The van der Waals surface area contributed by atoms with Crippen LogP contribution in [0.25, 0.3) is 11.3 Å². The summed E-state index contributed by atoms with van der Waals surface area (Å²) >= 11 is 5.55.